The van der Waals surface area contributed by atoms with Gasteiger partial charge in [-0.3, -0.25) is 4.79 Å². The minimum atomic E-state index is -0.171. The molecule has 1 aliphatic heterocycles. The van der Waals surface area contributed by atoms with Crippen LogP contribution in [0.25, 0.3) is 10.9 Å². The third-order valence-electron chi connectivity index (χ3n) is 4.63. The van der Waals surface area contributed by atoms with Crippen LogP contribution >= 0.6 is 11.3 Å². The third-order valence-corrected chi connectivity index (χ3v) is 5.85. The van der Waals surface area contributed by atoms with Crippen molar-refractivity contribution in [2.45, 2.75) is 25.4 Å². The Labute approximate surface area is 131 Å². The number of amides is 1. The van der Waals surface area contributed by atoms with Gasteiger partial charge < -0.3 is 15.6 Å². The van der Waals surface area contributed by atoms with Gasteiger partial charge in [0.05, 0.1) is 5.56 Å². The summed E-state index contributed by atoms with van der Waals surface area (Å²) in [6, 6.07) is 8.17. The van der Waals surface area contributed by atoms with E-state index in [0.717, 1.165) is 39.9 Å². The summed E-state index contributed by atoms with van der Waals surface area (Å²) in [4.78, 5) is 17.3. The molecule has 4 nitrogen and oxygen atoms in total. The van der Waals surface area contributed by atoms with Crippen LogP contribution in [0, 0.1) is 0 Å². The molecule has 3 heterocycles. The molecule has 1 atom stereocenters. The molecule has 0 saturated heterocycles. The number of nitrogens with one attached hydrogen (secondary N) is 3. The van der Waals surface area contributed by atoms with Crippen LogP contribution in [0.5, 0.6) is 0 Å². The molecule has 0 spiro atoms. The first kappa shape index (κ1) is 12.3. The van der Waals surface area contributed by atoms with Crippen LogP contribution in [-0.4, -0.2) is 10.9 Å². The van der Waals surface area contributed by atoms with E-state index < -0.39 is 0 Å². The van der Waals surface area contributed by atoms with E-state index >= 15 is 0 Å². The Kier molecular flexibility index (Phi) is 2.44. The number of aryl methyl sites for hydroxylation is 1. The van der Waals surface area contributed by atoms with Gasteiger partial charge in [-0.1, -0.05) is 18.2 Å². The lowest BCUT2D eigenvalue weighted by Gasteiger charge is -2.26. The van der Waals surface area contributed by atoms with Crippen molar-refractivity contribution in [1.29, 1.82) is 0 Å². The zero-order valence-corrected chi connectivity index (χ0v) is 12.7. The van der Waals surface area contributed by atoms with Crippen LogP contribution in [0.15, 0.2) is 30.5 Å². The van der Waals surface area contributed by atoms with E-state index in [0.29, 0.717) is 0 Å². The number of carbonyl (C=O) groups excluding carboxylic acids is 1. The Balaban J connectivity index is 1.59. The molecule has 2 aliphatic rings. The van der Waals surface area contributed by atoms with Gasteiger partial charge in [0.1, 0.15) is 11.2 Å². The fraction of sp³-hybridized carbons (Fsp3) is 0.235. The predicted molar refractivity (Wildman–Crippen MR) is 88.5 cm³/mol. The Morgan fingerprint density at radius 1 is 1.14 bits per heavy atom. The highest BCUT2D eigenvalue weighted by Crippen LogP contribution is 2.42. The Morgan fingerprint density at radius 2 is 2.05 bits per heavy atom. The smallest absolute Gasteiger partial charge is 0.256 e. The molecule has 1 aromatic carbocycles. The van der Waals surface area contributed by atoms with E-state index in [9.17, 15) is 4.79 Å². The van der Waals surface area contributed by atoms with E-state index in [2.05, 4.69) is 27.8 Å². The molecule has 110 valence electrons. The van der Waals surface area contributed by atoms with Crippen molar-refractivity contribution in [2.75, 3.05) is 5.32 Å². The standard InChI is InChI=1S/C17H15N3OS/c21-16-14-10-5-3-7-13(10)22-17(14)20-15(19-16)11-8-18-12-6-2-1-4-9(11)12/h1-2,4,6,8,15,18,20H,3,5,7H2,(H,19,21)/t15-/m0/s1. The SMILES string of the molecule is O=C1N[C@H](c2c[nH]c3ccccc23)Nc2sc3c(c21)CCC3. The van der Waals surface area contributed by atoms with Crippen molar-refractivity contribution in [3.63, 3.8) is 0 Å². The van der Waals surface area contributed by atoms with Gasteiger partial charge >= 0.3 is 0 Å². The number of rotatable bonds is 1. The molecule has 1 amide bonds. The predicted octanol–water partition coefficient (Wildman–Crippen LogP) is 3.57. The monoisotopic (exact) mass is 309 g/mol. The van der Waals surface area contributed by atoms with Crippen molar-refractivity contribution in [1.82, 2.24) is 10.3 Å². The molecule has 0 radical (unpaired) electrons. The van der Waals surface area contributed by atoms with Crippen LogP contribution < -0.4 is 10.6 Å². The molecule has 5 heteroatoms. The summed E-state index contributed by atoms with van der Waals surface area (Å²) in [7, 11) is 0. The number of fused-ring (bicyclic) bond motifs is 4. The van der Waals surface area contributed by atoms with Gasteiger partial charge in [0.25, 0.3) is 5.91 Å². The summed E-state index contributed by atoms with van der Waals surface area (Å²) < 4.78 is 0. The topological polar surface area (TPSA) is 56.9 Å². The first-order chi connectivity index (χ1) is 10.8. The van der Waals surface area contributed by atoms with Crippen molar-refractivity contribution >= 4 is 33.1 Å². The number of anilines is 1. The van der Waals surface area contributed by atoms with Gasteiger partial charge in [0.15, 0.2) is 0 Å². The Bertz CT molecular complexity index is 908. The van der Waals surface area contributed by atoms with Crippen molar-refractivity contribution in [3.05, 3.63) is 52.0 Å². The lowest BCUT2D eigenvalue weighted by Crippen LogP contribution is -2.38. The maximum absolute atomic E-state index is 12.6. The number of H-pyrrole nitrogens is 1. The molecule has 0 fully saturated rings. The van der Waals surface area contributed by atoms with Gasteiger partial charge in [0.2, 0.25) is 0 Å². The summed E-state index contributed by atoms with van der Waals surface area (Å²) in [5.41, 5.74) is 4.33. The lowest BCUT2D eigenvalue weighted by molar-refractivity contribution is 0.0936. The van der Waals surface area contributed by atoms with Crippen LogP contribution in [0.3, 0.4) is 0 Å². The number of hydrogen-bond donors (Lipinski definition) is 3. The van der Waals surface area contributed by atoms with Gasteiger partial charge in [-0.25, -0.2) is 0 Å². The summed E-state index contributed by atoms with van der Waals surface area (Å²) in [6.07, 6.45) is 5.13. The van der Waals surface area contributed by atoms with Crippen LogP contribution in [-0.2, 0) is 12.8 Å². The number of carbonyl (C=O) groups is 1. The molecular formula is C17H15N3OS. The molecular weight excluding hydrogens is 294 g/mol. The number of aromatic amines is 1. The molecule has 22 heavy (non-hydrogen) atoms. The Morgan fingerprint density at radius 3 is 3.00 bits per heavy atom. The number of benzene rings is 1. The molecule has 2 aromatic heterocycles. The highest BCUT2D eigenvalue weighted by atomic mass is 32.1. The molecule has 0 unspecified atom stereocenters. The highest BCUT2D eigenvalue weighted by Gasteiger charge is 2.33. The Hall–Kier alpha value is -2.27. The molecule has 0 saturated carbocycles. The van der Waals surface area contributed by atoms with Gasteiger partial charge in [-0.05, 0) is 30.9 Å². The molecule has 1 aliphatic carbocycles. The second-order valence-electron chi connectivity index (χ2n) is 5.90. The summed E-state index contributed by atoms with van der Waals surface area (Å²) in [6.45, 7) is 0. The summed E-state index contributed by atoms with van der Waals surface area (Å²) >= 11 is 1.75. The zero-order valence-electron chi connectivity index (χ0n) is 11.9. The van der Waals surface area contributed by atoms with Gasteiger partial charge in [-0.15, -0.1) is 11.3 Å². The highest BCUT2D eigenvalue weighted by molar-refractivity contribution is 7.16. The second kappa shape index (κ2) is 4.36. The van der Waals surface area contributed by atoms with Crippen LogP contribution in [0.4, 0.5) is 5.00 Å². The summed E-state index contributed by atoms with van der Waals surface area (Å²) in [5.74, 6) is 0.0587. The first-order valence-corrected chi connectivity index (χ1v) is 8.41. The lowest BCUT2D eigenvalue weighted by atomic mass is 10.1. The summed E-state index contributed by atoms with van der Waals surface area (Å²) in [5, 5.41) is 8.81. The van der Waals surface area contributed by atoms with Gasteiger partial charge in [0, 0.05) is 27.5 Å². The number of hydrogen-bond acceptors (Lipinski definition) is 3. The van der Waals surface area contributed by atoms with E-state index in [1.807, 2.05) is 18.3 Å². The fourth-order valence-corrected chi connectivity index (χ4v) is 4.92. The average molecular weight is 309 g/mol. The number of para-hydroxylation sites is 1. The van der Waals surface area contributed by atoms with Crippen molar-refractivity contribution in [3.8, 4) is 0 Å². The van der Waals surface area contributed by atoms with Crippen LogP contribution in [0.2, 0.25) is 0 Å². The van der Waals surface area contributed by atoms with E-state index in [-0.39, 0.29) is 12.1 Å². The quantitative estimate of drug-likeness (QED) is 0.643. The third kappa shape index (κ3) is 1.60. The van der Waals surface area contributed by atoms with Crippen molar-refractivity contribution in [2.24, 2.45) is 0 Å². The van der Waals surface area contributed by atoms with E-state index in [1.165, 1.54) is 16.9 Å². The molecule has 3 aromatic rings. The molecule has 3 N–H and O–H groups in total. The van der Waals surface area contributed by atoms with Crippen molar-refractivity contribution < 1.29 is 4.79 Å². The van der Waals surface area contributed by atoms with E-state index in [1.54, 1.807) is 11.3 Å². The second-order valence-corrected chi connectivity index (χ2v) is 7.01. The van der Waals surface area contributed by atoms with Gasteiger partial charge in [-0.2, -0.15) is 0 Å². The largest absolute Gasteiger partial charge is 0.361 e. The maximum Gasteiger partial charge on any atom is 0.256 e. The minimum absolute atomic E-state index is 0.0587. The average Bonchev–Trinajstić information content (AvgIpc) is 3.19. The number of aromatic nitrogens is 1. The minimum Gasteiger partial charge on any atom is -0.361 e. The first-order valence-electron chi connectivity index (χ1n) is 7.59. The molecule has 0 bridgehead atoms. The molecule has 5 rings (SSSR count). The maximum atomic E-state index is 12.6. The van der Waals surface area contributed by atoms with Crippen LogP contribution in [0.1, 0.15) is 38.9 Å². The zero-order chi connectivity index (χ0) is 14.7. The fourth-order valence-electron chi connectivity index (χ4n) is 3.60. The number of thiophene rings is 1. The van der Waals surface area contributed by atoms with E-state index in [4.69, 9.17) is 0 Å². The normalized spacial score (nSPS) is 19.6.